The molecule has 0 radical (unpaired) electrons. The van der Waals surface area contributed by atoms with Crippen molar-refractivity contribution in [2.75, 3.05) is 13.2 Å². The molecule has 0 N–H and O–H groups in total. The molecule has 0 aromatic carbocycles. The predicted octanol–water partition coefficient (Wildman–Crippen LogP) is 7.69. The van der Waals surface area contributed by atoms with Crippen molar-refractivity contribution in [1.29, 1.82) is 0 Å². The van der Waals surface area contributed by atoms with Crippen LogP contribution in [0.5, 0.6) is 0 Å². The van der Waals surface area contributed by atoms with Gasteiger partial charge in [0.2, 0.25) is 0 Å². The molecule has 0 spiro atoms. The number of ether oxygens (including phenoxy) is 2. The van der Waals surface area contributed by atoms with E-state index in [1.54, 1.807) is 0 Å². The zero-order valence-electron chi connectivity index (χ0n) is 19.8. The normalized spacial score (nSPS) is 10.7. The van der Waals surface area contributed by atoms with Gasteiger partial charge in [-0.15, -0.1) is 6.58 Å². The van der Waals surface area contributed by atoms with Gasteiger partial charge < -0.3 is 9.47 Å². The summed E-state index contributed by atoms with van der Waals surface area (Å²) in [4.78, 5) is 23.2. The summed E-state index contributed by atoms with van der Waals surface area (Å²) in [5, 5.41) is 0. The fourth-order valence-corrected chi connectivity index (χ4v) is 3.40. The molecule has 0 aromatic rings. The van der Waals surface area contributed by atoms with Crippen LogP contribution in [0.15, 0.2) is 12.7 Å². The van der Waals surface area contributed by atoms with Crippen LogP contribution >= 0.6 is 0 Å². The molecule has 0 atom stereocenters. The molecule has 0 aliphatic carbocycles. The van der Waals surface area contributed by atoms with Gasteiger partial charge in [0.1, 0.15) is 0 Å². The largest absolute Gasteiger partial charge is 0.466 e. The van der Waals surface area contributed by atoms with E-state index in [1.165, 1.54) is 70.6 Å². The zero-order chi connectivity index (χ0) is 22.1. The predicted molar refractivity (Wildman–Crippen MR) is 126 cm³/mol. The summed E-state index contributed by atoms with van der Waals surface area (Å²) in [6, 6.07) is 0. The number of rotatable bonds is 23. The Labute approximate surface area is 186 Å². The van der Waals surface area contributed by atoms with Gasteiger partial charge in [-0.1, -0.05) is 90.0 Å². The second-order valence-electron chi connectivity index (χ2n) is 8.32. The Balaban J connectivity index is 3.25. The van der Waals surface area contributed by atoms with Gasteiger partial charge in [0.05, 0.1) is 13.2 Å². The third-order valence-electron chi connectivity index (χ3n) is 5.34. The number of carbonyl (C=O) groups excluding carboxylic acids is 2. The van der Waals surface area contributed by atoms with Gasteiger partial charge in [-0.2, -0.15) is 0 Å². The number of carbonyl (C=O) groups is 2. The van der Waals surface area contributed by atoms with Gasteiger partial charge in [0, 0.05) is 12.8 Å². The quantitative estimate of drug-likeness (QED) is 0.0958. The molecule has 0 aliphatic heterocycles. The van der Waals surface area contributed by atoms with Crippen LogP contribution in [0.25, 0.3) is 0 Å². The second-order valence-corrected chi connectivity index (χ2v) is 8.32. The molecule has 0 aliphatic rings. The molecular formula is C26H48O4. The van der Waals surface area contributed by atoms with Crippen LogP contribution in [0.1, 0.15) is 129 Å². The lowest BCUT2D eigenvalue weighted by atomic mass is 10.0. The van der Waals surface area contributed by atoms with Gasteiger partial charge in [-0.3, -0.25) is 9.59 Å². The fourth-order valence-electron chi connectivity index (χ4n) is 3.40. The van der Waals surface area contributed by atoms with Gasteiger partial charge in [-0.25, -0.2) is 0 Å². The third kappa shape index (κ3) is 23.0. The summed E-state index contributed by atoms with van der Waals surface area (Å²) in [6.45, 7) is 6.88. The van der Waals surface area contributed by atoms with Gasteiger partial charge in [-0.05, 0) is 32.1 Å². The third-order valence-corrected chi connectivity index (χ3v) is 5.34. The number of unbranched alkanes of at least 4 members (excludes halogenated alkanes) is 14. The number of hydrogen-bond donors (Lipinski definition) is 0. The Morgan fingerprint density at radius 2 is 1.00 bits per heavy atom. The molecule has 0 fully saturated rings. The van der Waals surface area contributed by atoms with E-state index in [1.807, 2.05) is 6.08 Å². The maximum Gasteiger partial charge on any atom is 0.305 e. The number of esters is 2. The average molecular weight is 425 g/mol. The molecule has 0 rings (SSSR count). The monoisotopic (exact) mass is 424 g/mol. The standard InChI is InChI=1S/C26H48O4/c1-3-5-7-8-9-10-11-12-13-14-15-16-20-24-30-26(28)22-18-17-21-25(27)29-23-19-6-4-2/h4H,2-3,5-24H2,1H3. The lowest BCUT2D eigenvalue weighted by Gasteiger charge is -2.06. The first-order valence-corrected chi connectivity index (χ1v) is 12.6. The van der Waals surface area contributed by atoms with Crippen LogP contribution in [0.3, 0.4) is 0 Å². The van der Waals surface area contributed by atoms with Crippen LogP contribution in [-0.4, -0.2) is 25.2 Å². The minimum atomic E-state index is -0.181. The maximum atomic E-state index is 11.7. The van der Waals surface area contributed by atoms with Crippen LogP contribution in [-0.2, 0) is 19.1 Å². The average Bonchev–Trinajstić information content (AvgIpc) is 2.74. The molecule has 0 heterocycles. The molecule has 0 aromatic heterocycles. The first kappa shape index (κ1) is 28.7. The molecule has 0 unspecified atom stereocenters. The molecule has 30 heavy (non-hydrogen) atoms. The van der Waals surface area contributed by atoms with Crippen LogP contribution in [0.2, 0.25) is 0 Å². The van der Waals surface area contributed by atoms with Gasteiger partial charge >= 0.3 is 11.9 Å². The molecular weight excluding hydrogens is 376 g/mol. The highest BCUT2D eigenvalue weighted by Gasteiger charge is 2.06. The number of allylic oxidation sites excluding steroid dienone is 1. The van der Waals surface area contributed by atoms with Crippen LogP contribution in [0, 0.1) is 0 Å². The highest BCUT2D eigenvalue weighted by molar-refractivity contribution is 5.70. The van der Waals surface area contributed by atoms with E-state index in [4.69, 9.17) is 9.47 Å². The molecule has 176 valence electrons. The van der Waals surface area contributed by atoms with Crippen molar-refractivity contribution in [2.45, 2.75) is 129 Å². The lowest BCUT2D eigenvalue weighted by Crippen LogP contribution is -2.08. The molecule has 0 bridgehead atoms. The molecule has 0 saturated heterocycles. The van der Waals surface area contributed by atoms with Crippen molar-refractivity contribution < 1.29 is 19.1 Å². The van der Waals surface area contributed by atoms with Crippen molar-refractivity contribution in [3.63, 3.8) is 0 Å². The van der Waals surface area contributed by atoms with Gasteiger partial charge in [0.15, 0.2) is 0 Å². The summed E-state index contributed by atoms with van der Waals surface area (Å²) < 4.78 is 10.4. The van der Waals surface area contributed by atoms with E-state index in [0.29, 0.717) is 38.9 Å². The number of hydrogen-bond acceptors (Lipinski definition) is 4. The first-order valence-electron chi connectivity index (χ1n) is 12.6. The van der Waals surface area contributed by atoms with E-state index >= 15 is 0 Å². The first-order chi connectivity index (χ1) is 14.7. The Bertz CT molecular complexity index is 406. The van der Waals surface area contributed by atoms with Crippen molar-refractivity contribution >= 4 is 11.9 Å². The molecule has 0 amide bonds. The van der Waals surface area contributed by atoms with Gasteiger partial charge in [0.25, 0.3) is 0 Å². The minimum Gasteiger partial charge on any atom is -0.466 e. The van der Waals surface area contributed by atoms with E-state index in [0.717, 1.165) is 25.7 Å². The summed E-state index contributed by atoms with van der Waals surface area (Å²) in [6.07, 6.45) is 22.7. The Morgan fingerprint density at radius 1 is 0.600 bits per heavy atom. The fraction of sp³-hybridized carbons (Fsp3) is 0.846. The van der Waals surface area contributed by atoms with Crippen LogP contribution in [0.4, 0.5) is 0 Å². The topological polar surface area (TPSA) is 52.6 Å². The highest BCUT2D eigenvalue weighted by atomic mass is 16.5. The summed E-state index contributed by atoms with van der Waals surface area (Å²) in [5.74, 6) is -0.326. The second kappa shape index (κ2) is 24.0. The smallest absolute Gasteiger partial charge is 0.305 e. The van der Waals surface area contributed by atoms with E-state index in [9.17, 15) is 9.59 Å². The summed E-state index contributed by atoms with van der Waals surface area (Å²) >= 11 is 0. The Hall–Kier alpha value is -1.32. The zero-order valence-corrected chi connectivity index (χ0v) is 19.8. The summed E-state index contributed by atoms with van der Waals surface area (Å²) in [7, 11) is 0. The molecule has 0 saturated carbocycles. The van der Waals surface area contributed by atoms with E-state index in [2.05, 4.69) is 13.5 Å². The Kier molecular flexibility index (Phi) is 22.9. The molecule has 4 heteroatoms. The van der Waals surface area contributed by atoms with Crippen LogP contribution < -0.4 is 0 Å². The van der Waals surface area contributed by atoms with E-state index < -0.39 is 0 Å². The minimum absolute atomic E-state index is 0.145. The van der Waals surface area contributed by atoms with Crippen molar-refractivity contribution in [3.05, 3.63) is 12.7 Å². The Morgan fingerprint density at radius 3 is 1.43 bits per heavy atom. The van der Waals surface area contributed by atoms with Crippen molar-refractivity contribution in [2.24, 2.45) is 0 Å². The molecule has 4 nitrogen and oxygen atoms in total. The SMILES string of the molecule is C=CCCCOC(=O)CCCCC(=O)OCCCCCCCCCCCCCCC. The van der Waals surface area contributed by atoms with Crippen molar-refractivity contribution in [3.8, 4) is 0 Å². The van der Waals surface area contributed by atoms with Crippen molar-refractivity contribution in [1.82, 2.24) is 0 Å². The lowest BCUT2D eigenvalue weighted by molar-refractivity contribution is -0.146. The maximum absolute atomic E-state index is 11.7. The van der Waals surface area contributed by atoms with E-state index in [-0.39, 0.29) is 11.9 Å². The summed E-state index contributed by atoms with van der Waals surface area (Å²) in [5.41, 5.74) is 0. The highest BCUT2D eigenvalue weighted by Crippen LogP contribution is 2.12.